The zero-order chi connectivity index (χ0) is 17.1. The van der Waals surface area contributed by atoms with E-state index in [4.69, 9.17) is 21.1 Å². The van der Waals surface area contributed by atoms with Gasteiger partial charge in [-0.2, -0.15) is 6.54 Å². The Labute approximate surface area is 165 Å². The molecule has 0 fully saturated rings. The zero-order valence-electron chi connectivity index (χ0n) is 13.4. The van der Waals surface area contributed by atoms with Crippen LogP contribution in [0.25, 0.3) is 5.73 Å². The zero-order valence-corrected chi connectivity index (χ0v) is 16.3. The van der Waals surface area contributed by atoms with Crippen molar-refractivity contribution in [3.05, 3.63) is 13.2 Å². The molecule has 0 aliphatic heterocycles. The summed E-state index contributed by atoms with van der Waals surface area (Å²) in [7, 11) is 0. The second kappa shape index (κ2) is 15.3. The summed E-state index contributed by atoms with van der Waals surface area (Å²) in [6, 6.07) is -3.60. The van der Waals surface area contributed by atoms with E-state index in [2.05, 4.69) is 5.32 Å². The molecule has 6 N–H and O–H groups in total. The second-order valence-electron chi connectivity index (χ2n) is 4.58. The largest absolute Gasteiger partial charge is 0.677 e. The van der Waals surface area contributed by atoms with Crippen LogP contribution in [0.1, 0.15) is 32.1 Å². The number of hydrogen-bond donors (Lipinski definition) is 5. The minimum atomic E-state index is -1.42. The van der Waals surface area contributed by atoms with Crippen LogP contribution in [0.5, 0.6) is 0 Å². The summed E-state index contributed by atoms with van der Waals surface area (Å²) in [4.78, 5) is 43.9. The fraction of sp³-hybridized carbons (Fsp3) is 0.615. The predicted molar refractivity (Wildman–Crippen MR) is 80.8 cm³/mol. The van der Waals surface area contributed by atoms with Gasteiger partial charge in [0.25, 0.3) is 0 Å². The van der Waals surface area contributed by atoms with Crippen LogP contribution in [0.2, 0.25) is 0 Å². The summed E-state index contributed by atoms with van der Waals surface area (Å²) < 4.78 is 0. The molecule has 10 nitrogen and oxygen atoms in total. The number of aliphatic carboxylic acids is 3. The molecule has 24 heavy (non-hydrogen) atoms. The Morgan fingerprint density at radius 3 is 1.71 bits per heavy atom. The molecule has 11 heteroatoms. The summed E-state index contributed by atoms with van der Waals surface area (Å²) in [6.07, 6.45) is 0.290. The number of carbonyl (C=O) groups excluding carboxylic acids is 1. The fourth-order valence-electron chi connectivity index (χ4n) is 1.61. The first-order chi connectivity index (χ1) is 10.3. The van der Waals surface area contributed by atoms with E-state index in [0.29, 0.717) is 12.8 Å². The molecule has 0 rings (SSSR count). The smallest absolute Gasteiger partial charge is 0.326 e. The molecule has 0 aromatic rings. The van der Waals surface area contributed by atoms with E-state index in [-0.39, 0.29) is 59.5 Å². The SMILES string of the molecule is [CH3-].[NH-]CCCC[C@H](NC(=O)N[C@@H](CCC(=O)O)C(=O)O)C(=O)O.[Y]. The Morgan fingerprint density at radius 2 is 1.33 bits per heavy atom. The maximum atomic E-state index is 11.6. The number of carboxylic acids is 3. The van der Waals surface area contributed by atoms with Crippen molar-refractivity contribution in [1.29, 1.82) is 0 Å². The summed E-state index contributed by atoms with van der Waals surface area (Å²) in [5.74, 6) is -3.87. The van der Waals surface area contributed by atoms with Crippen LogP contribution in [0.4, 0.5) is 4.79 Å². The van der Waals surface area contributed by atoms with Gasteiger partial charge in [0.05, 0.1) is 0 Å². The predicted octanol–water partition coefficient (Wildman–Crippen LogP) is 0.727. The van der Waals surface area contributed by atoms with E-state index in [9.17, 15) is 19.2 Å². The maximum absolute atomic E-state index is 11.6. The van der Waals surface area contributed by atoms with Gasteiger partial charge in [-0.25, -0.2) is 14.4 Å². The van der Waals surface area contributed by atoms with Gasteiger partial charge in [-0.05, 0) is 12.8 Å². The first-order valence-electron chi connectivity index (χ1n) is 6.67. The van der Waals surface area contributed by atoms with Gasteiger partial charge in [0.15, 0.2) is 0 Å². The number of rotatable bonds is 11. The number of hydrogen-bond acceptors (Lipinski definition) is 4. The van der Waals surface area contributed by atoms with E-state index in [1.54, 1.807) is 0 Å². The third-order valence-electron chi connectivity index (χ3n) is 2.77. The fourth-order valence-corrected chi connectivity index (χ4v) is 1.61. The van der Waals surface area contributed by atoms with E-state index >= 15 is 0 Å². The van der Waals surface area contributed by atoms with E-state index < -0.39 is 42.4 Å². The number of carbonyl (C=O) groups is 4. The Hall–Kier alpha value is -1.26. The summed E-state index contributed by atoms with van der Waals surface area (Å²) in [5.41, 5.74) is 6.96. The number of unbranched alkanes of at least 4 members (excludes halogenated alkanes) is 1. The molecule has 0 aromatic heterocycles. The van der Waals surface area contributed by atoms with E-state index in [1.165, 1.54) is 0 Å². The third kappa shape index (κ3) is 13.2. The van der Waals surface area contributed by atoms with Gasteiger partial charge in [-0.3, -0.25) is 4.79 Å². The van der Waals surface area contributed by atoms with E-state index in [1.807, 2.05) is 5.32 Å². The quantitative estimate of drug-likeness (QED) is 0.241. The molecule has 0 bridgehead atoms. The molecule has 0 aromatic carbocycles. The standard InChI is InChI=1S/C12H20N3O7.CH3.Y/c13-6-2-1-3-7(10(18)19)14-12(22)15-8(11(20)21)4-5-9(16)17;;/h7-8,13H,1-6H2,(H,16,17)(H,18,19)(H,20,21)(H2,14,15,22);1H3;/q2*-1;/t7-,8-;;/m0../s1. The molecule has 0 unspecified atom stereocenters. The monoisotopic (exact) mass is 422 g/mol. The van der Waals surface area contributed by atoms with Gasteiger partial charge in [0.2, 0.25) is 0 Å². The Bertz CT molecular complexity index is 420. The van der Waals surface area contributed by atoms with Gasteiger partial charge >= 0.3 is 23.9 Å². The Balaban J connectivity index is -0.00000220. The average molecular weight is 422 g/mol. The van der Waals surface area contributed by atoms with Crippen LogP contribution in [-0.2, 0) is 47.1 Å². The van der Waals surface area contributed by atoms with Crippen molar-refractivity contribution in [3.8, 4) is 0 Å². The van der Waals surface area contributed by atoms with E-state index in [0.717, 1.165) is 0 Å². The van der Waals surface area contributed by atoms with Crippen LogP contribution in [0.3, 0.4) is 0 Å². The molecule has 0 heterocycles. The number of amides is 2. The molecule has 137 valence electrons. The van der Waals surface area contributed by atoms with Crippen molar-refractivity contribution < 1.29 is 67.2 Å². The normalized spacial score (nSPS) is 11.9. The van der Waals surface area contributed by atoms with Gasteiger partial charge in [-0.1, -0.05) is 12.8 Å². The summed E-state index contributed by atoms with van der Waals surface area (Å²) in [5, 5.41) is 30.5. The summed E-state index contributed by atoms with van der Waals surface area (Å²) >= 11 is 0. The van der Waals surface area contributed by atoms with Crippen molar-refractivity contribution in [2.75, 3.05) is 6.54 Å². The molecule has 0 spiro atoms. The van der Waals surface area contributed by atoms with Gasteiger partial charge in [0.1, 0.15) is 12.1 Å². The van der Waals surface area contributed by atoms with Crippen LogP contribution >= 0.6 is 0 Å². The van der Waals surface area contributed by atoms with Crippen molar-refractivity contribution in [3.63, 3.8) is 0 Å². The van der Waals surface area contributed by atoms with Crippen molar-refractivity contribution in [2.24, 2.45) is 0 Å². The molecule has 0 aliphatic carbocycles. The Kier molecular flexibility index (Phi) is 17.6. The third-order valence-corrected chi connectivity index (χ3v) is 2.77. The molecular formula is C13H23N3O7Y-2. The minimum absolute atomic E-state index is 0. The van der Waals surface area contributed by atoms with Gasteiger partial charge in [-0.15, -0.1) is 0 Å². The van der Waals surface area contributed by atoms with Crippen LogP contribution in [-0.4, -0.2) is 57.9 Å². The topological polar surface area (TPSA) is 177 Å². The molecule has 0 saturated heterocycles. The van der Waals surface area contributed by atoms with Crippen LogP contribution in [0, 0.1) is 7.43 Å². The first-order valence-corrected chi connectivity index (χ1v) is 6.67. The molecular weight excluding hydrogens is 399 g/mol. The average Bonchev–Trinajstić information content (AvgIpc) is 2.41. The molecule has 2 atom stereocenters. The van der Waals surface area contributed by atoms with Crippen LogP contribution in [0.15, 0.2) is 0 Å². The summed E-state index contributed by atoms with van der Waals surface area (Å²) in [6.45, 7) is 0.148. The molecule has 1 radical (unpaired) electrons. The molecule has 2 amide bonds. The van der Waals surface area contributed by atoms with Gasteiger partial charge in [0, 0.05) is 39.1 Å². The van der Waals surface area contributed by atoms with Crippen LogP contribution < -0.4 is 10.6 Å². The number of nitrogens with one attached hydrogen (secondary N) is 3. The van der Waals surface area contributed by atoms with Crippen molar-refractivity contribution in [2.45, 2.75) is 44.2 Å². The minimum Gasteiger partial charge on any atom is -0.677 e. The molecule has 0 saturated carbocycles. The van der Waals surface area contributed by atoms with Crippen molar-refractivity contribution in [1.82, 2.24) is 10.6 Å². The van der Waals surface area contributed by atoms with Gasteiger partial charge < -0.3 is 39.1 Å². The second-order valence-corrected chi connectivity index (χ2v) is 4.58. The Morgan fingerprint density at radius 1 is 0.875 bits per heavy atom. The number of carboxylic acid groups (broad SMARTS) is 3. The first kappa shape index (κ1) is 27.6. The number of urea groups is 1. The molecule has 0 aliphatic rings. The maximum Gasteiger partial charge on any atom is 0.326 e. The van der Waals surface area contributed by atoms with Crippen molar-refractivity contribution >= 4 is 23.9 Å².